The largest absolute Gasteiger partial charge is 0.494 e. The monoisotopic (exact) mass is 490 g/mol. The van der Waals surface area contributed by atoms with Crippen LogP contribution in [0.2, 0.25) is 0 Å². The van der Waals surface area contributed by atoms with Crippen LogP contribution in [0, 0.1) is 5.82 Å². The lowest BCUT2D eigenvalue weighted by Crippen LogP contribution is -2.26. The maximum Gasteiger partial charge on any atom is 0.123 e. The summed E-state index contributed by atoms with van der Waals surface area (Å²) in [4.78, 5) is 0. The van der Waals surface area contributed by atoms with Gasteiger partial charge in [-0.05, 0) is 111 Å². The number of ether oxygens (including phenoxy) is 1. The summed E-state index contributed by atoms with van der Waals surface area (Å²) >= 11 is 0. The van der Waals surface area contributed by atoms with Crippen molar-refractivity contribution in [2.45, 2.75) is 58.3 Å². The zero-order valence-electron chi connectivity index (χ0n) is 22.2. The van der Waals surface area contributed by atoms with E-state index in [2.05, 4.69) is 59.2 Å². The maximum atomic E-state index is 13.0. The lowest BCUT2D eigenvalue weighted by Gasteiger charge is -2.25. The molecule has 3 nitrogen and oxygen atoms in total. The molecule has 4 heteroatoms. The molecular formula is C32H43FN2O. The van der Waals surface area contributed by atoms with Crippen LogP contribution in [0.4, 0.5) is 4.39 Å². The number of nitrogens with one attached hydrogen (secondary N) is 2. The van der Waals surface area contributed by atoms with Gasteiger partial charge in [-0.25, -0.2) is 4.39 Å². The normalized spacial score (nSPS) is 16.2. The van der Waals surface area contributed by atoms with Gasteiger partial charge < -0.3 is 15.4 Å². The Labute approximate surface area is 217 Å². The average Bonchev–Trinajstić information content (AvgIpc) is 2.96. The van der Waals surface area contributed by atoms with Crippen LogP contribution >= 0.6 is 0 Å². The summed E-state index contributed by atoms with van der Waals surface area (Å²) in [5.41, 5.74) is 5.14. The molecule has 2 heterocycles. The summed E-state index contributed by atoms with van der Waals surface area (Å²) in [5, 5.41) is 6.80. The molecule has 0 aliphatic carbocycles. The third-order valence-electron chi connectivity index (χ3n) is 6.89. The third kappa shape index (κ3) is 7.91. The molecule has 3 aromatic carbocycles. The fraction of sp³-hybridized carbons (Fsp3) is 0.438. The highest BCUT2D eigenvalue weighted by Gasteiger charge is 2.19. The van der Waals surface area contributed by atoms with E-state index in [9.17, 15) is 4.39 Å². The van der Waals surface area contributed by atoms with Crippen molar-refractivity contribution in [1.82, 2.24) is 10.6 Å². The van der Waals surface area contributed by atoms with Crippen molar-refractivity contribution in [3.05, 3.63) is 89.7 Å². The van der Waals surface area contributed by atoms with Gasteiger partial charge in [-0.1, -0.05) is 68.4 Å². The number of hydrogen-bond acceptors (Lipinski definition) is 3. The van der Waals surface area contributed by atoms with Crippen molar-refractivity contribution in [2.75, 3.05) is 32.8 Å². The second kappa shape index (κ2) is 15.4. The van der Waals surface area contributed by atoms with E-state index in [0.29, 0.717) is 11.8 Å². The Morgan fingerprint density at radius 3 is 1.78 bits per heavy atom. The van der Waals surface area contributed by atoms with Crippen molar-refractivity contribution in [3.8, 4) is 16.9 Å². The van der Waals surface area contributed by atoms with Crippen molar-refractivity contribution < 1.29 is 9.13 Å². The summed E-state index contributed by atoms with van der Waals surface area (Å²) in [6.45, 7) is 11.2. The molecule has 0 aromatic heterocycles. The molecule has 0 amide bonds. The minimum atomic E-state index is -0.178. The highest BCUT2D eigenvalue weighted by Crippen LogP contribution is 2.34. The predicted molar refractivity (Wildman–Crippen MR) is 150 cm³/mol. The lowest BCUT2D eigenvalue weighted by atomic mass is 9.85. The van der Waals surface area contributed by atoms with Crippen molar-refractivity contribution in [2.24, 2.45) is 0 Å². The minimum absolute atomic E-state index is 0.178. The van der Waals surface area contributed by atoms with Gasteiger partial charge in [0.1, 0.15) is 11.6 Å². The fourth-order valence-electron chi connectivity index (χ4n) is 5.12. The molecule has 2 aliphatic heterocycles. The van der Waals surface area contributed by atoms with Crippen LogP contribution in [0.1, 0.15) is 69.4 Å². The second-order valence-electron chi connectivity index (χ2n) is 9.11. The molecule has 36 heavy (non-hydrogen) atoms. The van der Waals surface area contributed by atoms with Crippen LogP contribution < -0.4 is 15.4 Å². The van der Waals surface area contributed by atoms with Crippen LogP contribution in [0.3, 0.4) is 0 Å². The zero-order chi connectivity index (χ0) is 25.6. The Bertz CT molecular complexity index is 1010. The smallest absolute Gasteiger partial charge is 0.123 e. The van der Waals surface area contributed by atoms with Crippen LogP contribution in [-0.4, -0.2) is 32.8 Å². The molecule has 3 aromatic rings. The molecule has 2 saturated heterocycles. The highest BCUT2D eigenvalue weighted by molar-refractivity contribution is 5.68. The highest BCUT2D eigenvalue weighted by atomic mass is 19.1. The van der Waals surface area contributed by atoms with E-state index in [4.69, 9.17) is 4.74 Å². The Morgan fingerprint density at radius 1 is 0.694 bits per heavy atom. The van der Waals surface area contributed by atoms with Gasteiger partial charge in [0, 0.05) is 0 Å². The molecule has 0 spiro atoms. The summed E-state index contributed by atoms with van der Waals surface area (Å²) in [5.74, 6) is 2.19. The predicted octanol–water partition coefficient (Wildman–Crippen LogP) is 7.54. The van der Waals surface area contributed by atoms with Crippen molar-refractivity contribution in [3.63, 3.8) is 0 Å². The first-order valence-electron chi connectivity index (χ1n) is 13.7. The van der Waals surface area contributed by atoms with E-state index in [1.54, 1.807) is 0 Å². The topological polar surface area (TPSA) is 33.3 Å². The first kappa shape index (κ1) is 27.9. The van der Waals surface area contributed by atoms with Crippen molar-refractivity contribution in [1.29, 1.82) is 0 Å². The maximum absolute atomic E-state index is 13.0. The molecule has 0 saturated carbocycles. The second-order valence-corrected chi connectivity index (χ2v) is 9.11. The summed E-state index contributed by atoms with van der Waals surface area (Å²) in [6.07, 6.45) is 4.81. The van der Waals surface area contributed by atoms with Gasteiger partial charge in [0.25, 0.3) is 0 Å². The molecule has 194 valence electrons. The zero-order valence-corrected chi connectivity index (χ0v) is 22.2. The van der Waals surface area contributed by atoms with Crippen LogP contribution in [0.5, 0.6) is 5.75 Å². The molecule has 0 radical (unpaired) electrons. The van der Waals surface area contributed by atoms with E-state index < -0.39 is 0 Å². The first-order valence-corrected chi connectivity index (χ1v) is 13.7. The lowest BCUT2D eigenvalue weighted by molar-refractivity contribution is 0.329. The van der Waals surface area contributed by atoms with Gasteiger partial charge >= 0.3 is 0 Å². The van der Waals surface area contributed by atoms with Gasteiger partial charge in [0.2, 0.25) is 0 Å². The quantitative estimate of drug-likeness (QED) is 0.388. The van der Waals surface area contributed by atoms with E-state index in [1.165, 1.54) is 54.5 Å². The van der Waals surface area contributed by atoms with E-state index in [1.807, 2.05) is 32.9 Å². The van der Waals surface area contributed by atoms with Gasteiger partial charge in [-0.2, -0.15) is 0 Å². The van der Waals surface area contributed by atoms with Crippen LogP contribution in [0.15, 0.2) is 72.8 Å². The standard InChI is InChI=1S/C17H18FN.C13H19NO.C2H6/c18-15-7-5-13(6-8-15)16-3-1-2-4-17(16)14-9-11-19-12-10-14;1-2-15-13-6-4-3-5-12(13)11-7-9-14-10-8-11;1-2/h1-8,14,19H,9-12H2;3-6,11,14H,2,7-10H2,1H3;1-2H3. The Hall–Kier alpha value is -2.69. The average molecular weight is 491 g/mol. The Balaban J connectivity index is 0.000000193. The Kier molecular flexibility index (Phi) is 12.0. The first-order chi connectivity index (χ1) is 17.8. The number of rotatable bonds is 5. The molecule has 2 N–H and O–H groups in total. The summed E-state index contributed by atoms with van der Waals surface area (Å²) in [7, 11) is 0. The molecule has 0 bridgehead atoms. The van der Waals surface area contributed by atoms with Crippen molar-refractivity contribution >= 4 is 0 Å². The van der Waals surface area contributed by atoms with Gasteiger partial charge in [-0.3, -0.25) is 0 Å². The van der Waals surface area contributed by atoms with Gasteiger partial charge in [0.15, 0.2) is 0 Å². The van der Waals surface area contributed by atoms with Gasteiger partial charge in [-0.15, -0.1) is 0 Å². The number of benzene rings is 3. The van der Waals surface area contributed by atoms with Crippen LogP contribution in [-0.2, 0) is 0 Å². The molecule has 2 fully saturated rings. The Morgan fingerprint density at radius 2 is 1.19 bits per heavy atom. The van der Waals surface area contributed by atoms with Gasteiger partial charge in [0.05, 0.1) is 6.61 Å². The minimum Gasteiger partial charge on any atom is -0.494 e. The SMILES string of the molecule is CC.CCOc1ccccc1C1CCNCC1.Fc1ccc(-c2ccccc2C2CCNCC2)cc1. The summed E-state index contributed by atoms with van der Waals surface area (Å²) in [6, 6.07) is 23.8. The number of hydrogen-bond donors (Lipinski definition) is 2. The van der Waals surface area contributed by atoms with Crippen LogP contribution in [0.25, 0.3) is 11.1 Å². The molecule has 0 atom stereocenters. The molecule has 2 aliphatic rings. The summed E-state index contributed by atoms with van der Waals surface area (Å²) < 4.78 is 18.7. The fourth-order valence-corrected chi connectivity index (χ4v) is 5.12. The third-order valence-corrected chi connectivity index (χ3v) is 6.89. The molecular weight excluding hydrogens is 447 g/mol. The molecule has 0 unspecified atom stereocenters. The van der Waals surface area contributed by atoms with E-state index in [0.717, 1.165) is 44.1 Å². The number of piperidine rings is 2. The molecule has 5 rings (SSSR count). The van der Waals surface area contributed by atoms with E-state index in [-0.39, 0.29) is 5.82 Å². The van der Waals surface area contributed by atoms with E-state index >= 15 is 0 Å². The number of para-hydroxylation sites is 1. The number of halogens is 1.